The lowest BCUT2D eigenvalue weighted by Crippen LogP contribution is -2.09. The number of hydrogen-bond acceptors (Lipinski definition) is 3. The van der Waals surface area contributed by atoms with Gasteiger partial charge in [-0.3, -0.25) is 9.48 Å². The van der Waals surface area contributed by atoms with Crippen LogP contribution in [-0.4, -0.2) is 22.1 Å². The van der Waals surface area contributed by atoms with E-state index in [0.29, 0.717) is 18.7 Å². The van der Waals surface area contributed by atoms with E-state index < -0.39 is 0 Å². The van der Waals surface area contributed by atoms with Crippen molar-refractivity contribution in [2.75, 3.05) is 6.54 Å². The van der Waals surface area contributed by atoms with E-state index in [0.717, 1.165) is 16.5 Å². The predicted octanol–water partition coefficient (Wildman–Crippen LogP) is 1.41. The normalized spacial score (nSPS) is 10.9. The van der Waals surface area contributed by atoms with Crippen molar-refractivity contribution in [3.63, 3.8) is 0 Å². The van der Waals surface area contributed by atoms with Gasteiger partial charge in [-0.25, -0.2) is 0 Å². The minimum atomic E-state index is 0.0127. The van der Waals surface area contributed by atoms with E-state index in [2.05, 4.69) is 5.10 Å². The highest BCUT2D eigenvalue weighted by atomic mass is 16.1. The molecule has 0 aliphatic carbocycles. The third-order valence-electron chi connectivity index (χ3n) is 2.64. The van der Waals surface area contributed by atoms with Crippen LogP contribution in [0.1, 0.15) is 22.5 Å². The van der Waals surface area contributed by atoms with Gasteiger partial charge in [0, 0.05) is 18.9 Å². The smallest absolute Gasteiger partial charge is 0.184 e. The molecule has 4 heteroatoms. The SMILES string of the molecule is Cc1ccc2c(c1)c(C(=O)CCN)nn2C. The summed E-state index contributed by atoms with van der Waals surface area (Å²) in [4.78, 5) is 11.8. The molecular weight excluding hydrogens is 202 g/mol. The van der Waals surface area contributed by atoms with Crippen LogP contribution >= 0.6 is 0 Å². The zero-order valence-electron chi connectivity index (χ0n) is 9.53. The summed E-state index contributed by atoms with van der Waals surface area (Å²) in [5, 5.41) is 5.18. The Kier molecular flexibility index (Phi) is 2.75. The Labute approximate surface area is 94.0 Å². The Hall–Kier alpha value is -1.68. The maximum atomic E-state index is 11.8. The van der Waals surface area contributed by atoms with E-state index in [1.165, 1.54) is 0 Å². The molecule has 0 atom stereocenters. The molecule has 4 nitrogen and oxygen atoms in total. The van der Waals surface area contributed by atoms with Crippen molar-refractivity contribution in [3.05, 3.63) is 29.5 Å². The molecule has 0 unspecified atom stereocenters. The van der Waals surface area contributed by atoms with Gasteiger partial charge in [0.1, 0.15) is 5.69 Å². The van der Waals surface area contributed by atoms with Gasteiger partial charge in [0.25, 0.3) is 0 Å². The van der Waals surface area contributed by atoms with E-state index in [4.69, 9.17) is 5.73 Å². The first-order valence-electron chi connectivity index (χ1n) is 5.30. The maximum absolute atomic E-state index is 11.8. The molecule has 0 amide bonds. The number of aryl methyl sites for hydroxylation is 2. The number of fused-ring (bicyclic) bond motifs is 1. The molecule has 1 aromatic heterocycles. The van der Waals surface area contributed by atoms with Gasteiger partial charge in [-0.2, -0.15) is 5.10 Å². The zero-order chi connectivity index (χ0) is 11.7. The molecule has 2 N–H and O–H groups in total. The zero-order valence-corrected chi connectivity index (χ0v) is 9.53. The number of nitrogens with two attached hydrogens (primary N) is 1. The van der Waals surface area contributed by atoms with Gasteiger partial charge in [0.15, 0.2) is 5.78 Å². The van der Waals surface area contributed by atoms with Gasteiger partial charge in [-0.15, -0.1) is 0 Å². The van der Waals surface area contributed by atoms with Gasteiger partial charge in [0.2, 0.25) is 0 Å². The van der Waals surface area contributed by atoms with Gasteiger partial charge < -0.3 is 5.73 Å². The number of rotatable bonds is 3. The van der Waals surface area contributed by atoms with Gasteiger partial charge >= 0.3 is 0 Å². The first kappa shape index (κ1) is 10.8. The molecule has 16 heavy (non-hydrogen) atoms. The Morgan fingerprint density at radius 3 is 2.94 bits per heavy atom. The summed E-state index contributed by atoms with van der Waals surface area (Å²) in [7, 11) is 1.84. The average molecular weight is 217 g/mol. The molecule has 0 fully saturated rings. The van der Waals surface area contributed by atoms with Crippen LogP contribution in [0.5, 0.6) is 0 Å². The fraction of sp³-hybridized carbons (Fsp3) is 0.333. The van der Waals surface area contributed by atoms with Crippen molar-refractivity contribution < 1.29 is 4.79 Å². The number of aromatic nitrogens is 2. The quantitative estimate of drug-likeness (QED) is 0.791. The molecule has 2 rings (SSSR count). The number of carbonyl (C=O) groups excluding carboxylic acids is 1. The summed E-state index contributed by atoms with van der Waals surface area (Å²) in [6, 6.07) is 5.99. The van der Waals surface area contributed by atoms with Crippen molar-refractivity contribution in [2.24, 2.45) is 12.8 Å². The summed E-state index contributed by atoms with van der Waals surface area (Å²) in [6.07, 6.45) is 0.347. The van der Waals surface area contributed by atoms with Gasteiger partial charge in [-0.05, 0) is 25.6 Å². The Morgan fingerprint density at radius 1 is 1.50 bits per heavy atom. The highest BCUT2D eigenvalue weighted by molar-refractivity contribution is 6.06. The van der Waals surface area contributed by atoms with E-state index >= 15 is 0 Å². The van der Waals surface area contributed by atoms with E-state index in [9.17, 15) is 4.79 Å². The first-order chi connectivity index (χ1) is 7.63. The van der Waals surface area contributed by atoms with Crippen LogP contribution in [0.25, 0.3) is 10.9 Å². The van der Waals surface area contributed by atoms with Crippen molar-refractivity contribution in [2.45, 2.75) is 13.3 Å². The monoisotopic (exact) mass is 217 g/mol. The highest BCUT2D eigenvalue weighted by Gasteiger charge is 2.14. The lowest BCUT2D eigenvalue weighted by atomic mass is 10.1. The van der Waals surface area contributed by atoms with Crippen LogP contribution in [0.15, 0.2) is 18.2 Å². The molecule has 0 saturated carbocycles. The first-order valence-corrected chi connectivity index (χ1v) is 5.30. The fourth-order valence-corrected chi connectivity index (χ4v) is 1.83. The van der Waals surface area contributed by atoms with Crippen LogP contribution < -0.4 is 5.73 Å². The lowest BCUT2D eigenvalue weighted by molar-refractivity contribution is 0.0981. The topological polar surface area (TPSA) is 60.9 Å². The van der Waals surface area contributed by atoms with E-state index in [1.54, 1.807) is 4.68 Å². The second-order valence-corrected chi connectivity index (χ2v) is 3.95. The number of hydrogen-bond donors (Lipinski definition) is 1. The summed E-state index contributed by atoms with van der Waals surface area (Å²) in [5.41, 5.74) is 8.03. The standard InChI is InChI=1S/C12H15N3O/c1-8-3-4-10-9(7-8)12(14-15(10)2)11(16)5-6-13/h3-4,7H,5-6,13H2,1-2H3. The summed E-state index contributed by atoms with van der Waals surface area (Å²) in [6.45, 7) is 2.37. The maximum Gasteiger partial charge on any atom is 0.184 e. The number of benzene rings is 1. The molecule has 0 saturated heterocycles. The minimum absolute atomic E-state index is 0.0127. The van der Waals surface area contributed by atoms with Crippen molar-refractivity contribution in [1.29, 1.82) is 0 Å². The van der Waals surface area contributed by atoms with E-state index in [1.807, 2.05) is 32.2 Å². The molecule has 0 aliphatic rings. The third-order valence-corrected chi connectivity index (χ3v) is 2.64. The van der Waals surface area contributed by atoms with Gasteiger partial charge in [-0.1, -0.05) is 11.6 Å². The number of nitrogens with zero attached hydrogens (tertiary/aromatic N) is 2. The van der Waals surface area contributed by atoms with Crippen LogP contribution in [0, 0.1) is 6.92 Å². The largest absolute Gasteiger partial charge is 0.330 e. The third kappa shape index (κ3) is 1.72. The van der Waals surface area contributed by atoms with Crippen molar-refractivity contribution in [1.82, 2.24) is 9.78 Å². The van der Waals surface area contributed by atoms with Crippen LogP contribution in [0.3, 0.4) is 0 Å². The molecule has 1 heterocycles. The van der Waals surface area contributed by atoms with Crippen molar-refractivity contribution in [3.8, 4) is 0 Å². The number of Topliss-reactive ketones (excluding diaryl/α,β-unsaturated/α-hetero) is 1. The molecule has 84 valence electrons. The molecule has 1 aromatic carbocycles. The van der Waals surface area contributed by atoms with Gasteiger partial charge in [0.05, 0.1) is 5.52 Å². The molecule has 0 spiro atoms. The number of ketones is 1. The Bertz CT molecular complexity index is 542. The second-order valence-electron chi connectivity index (χ2n) is 3.95. The van der Waals surface area contributed by atoms with Crippen LogP contribution in [0.4, 0.5) is 0 Å². The molecule has 2 aromatic rings. The highest BCUT2D eigenvalue weighted by Crippen LogP contribution is 2.20. The van der Waals surface area contributed by atoms with Crippen LogP contribution in [0.2, 0.25) is 0 Å². The molecular formula is C12H15N3O. The number of carbonyl (C=O) groups is 1. The molecule has 0 bridgehead atoms. The predicted molar refractivity (Wildman–Crippen MR) is 63.5 cm³/mol. The minimum Gasteiger partial charge on any atom is -0.330 e. The molecule has 0 radical (unpaired) electrons. The summed E-state index contributed by atoms with van der Waals surface area (Å²) >= 11 is 0. The Morgan fingerprint density at radius 2 is 2.25 bits per heavy atom. The fourth-order valence-electron chi connectivity index (χ4n) is 1.83. The van der Waals surface area contributed by atoms with E-state index in [-0.39, 0.29) is 5.78 Å². The Balaban J connectivity index is 2.61. The summed E-state index contributed by atoms with van der Waals surface area (Å²) in [5.74, 6) is 0.0127. The molecule has 0 aliphatic heterocycles. The van der Waals surface area contributed by atoms with Crippen molar-refractivity contribution >= 4 is 16.7 Å². The second kappa shape index (κ2) is 4.06. The summed E-state index contributed by atoms with van der Waals surface area (Å²) < 4.78 is 1.73. The average Bonchev–Trinajstić information content (AvgIpc) is 2.56. The van der Waals surface area contributed by atoms with Crippen LogP contribution in [-0.2, 0) is 7.05 Å². The lowest BCUT2D eigenvalue weighted by Gasteiger charge is -1.96.